The van der Waals surface area contributed by atoms with Crippen molar-refractivity contribution in [2.75, 3.05) is 18.6 Å². The fourth-order valence-corrected chi connectivity index (χ4v) is 3.00. The first kappa shape index (κ1) is 13.0. The molecule has 1 aliphatic rings. The van der Waals surface area contributed by atoms with E-state index in [4.69, 9.17) is 10.5 Å². The Kier molecular flexibility index (Phi) is 3.36. The van der Waals surface area contributed by atoms with Crippen molar-refractivity contribution in [3.63, 3.8) is 0 Å². The molecule has 2 aromatic rings. The van der Waals surface area contributed by atoms with Gasteiger partial charge in [0.25, 0.3) is 0 Å². The van der Waals surface area contributed by atoms with Gasteiger partial charge in [-0.25, -0.2) is 0 Å². The minimum Gasteiger partial charge on any atom is -0.495 e. The summed E-state index contributed by atoms with van der Waals surface area (Å²) in [4.78, 5) is 2.34. The number of aryl methyl sites for hydroxylation is 1. The molecule has 2 aromatic carbocycles. The van der Waals surface area contributed by atoms with Crippen LogP contribution in [-0.2, 0) is 6.54 Å². The third-order valence-corrected chi connectivity index (χ3v) is 4.00. The van der Waals surface area contributed by atoms with Gasteiger partial charge in [-0.2, -0.15) is 0 Å². The molecule has 2 N–H and O–H groups in total. The van der Waals surface area contributed by atoms with E-state index in [0.717, 1.165) is 18.0 Å². The minimum absolute atomic E-state index is 0.223. The predicted octanol–water partition coefficient (Wildman–Crippen LogP) is 3.02. The van der Waals surface area contributed by atoms with Crippen LogP contribution in [0.2, 0.25) is 0 Å². The third kappa shape index (κ3) is 2.04. The van der Waals surface area contributed by atoms with Crippen molar-refractivity contribution in [3.8, 4) is 5.75 Å². The van der Waals surface area contributed by atoms with E-state index in [-0.39, 0.29) is 6.04 Å². The summed E-state index contributed by atoms with van der Waals surface area (Å²) >= 11 is 0. The standard InChI is InChI=1S/C17H20N2O/c1-12-7-8-13-11-19(16(10-18)14(13)9-12)15-5-3-4-6-17(15)20-2/h3-9,16H,10-11,18H2,1-2H3. The smallest absolute Gasteiger partial charge is 0.142 e. The highest BCUT2D eigenvalue weighted by atomic mass is 16.5. The summed E-state index contributed by atoms with van der Waals surface area (Å²) in [6, 6.07) is 15.0. The molecular weight excluding hydrogens is 248 g/mol. The number of rotatable bonds is 3. The Morgan fingerprint density at radius 3 is 2.80 bits per heavy atom. The van der Waals surface area contributed by atoms with Crippen molar-refractivity contribution in [2.24, 2.45) is 5.73 Å². The van der Waals surface area contributed by atoms with Gasteiger partial charge in [-0.3, -0.25) is 0 Å². The van der Waals surface area contributed by atoms with Gasteiger partial charge in [0.2, 0.25) is 0 Å². The first-order valence-corrected chi connectivity index (χ1v) is 6.93. The first-order chi connectivity index (χ1) is 9.74. The van der Waals surface area contributed by atoms with E-state index in [1.165, 1.54) is 16.7 Å². The van der Waals surface area contributed by atoms with Crippen molar-refractivity contribution in [2.45, 2.75) is 19.5 Å². The third-order valence-electron chi connectivity index (χ3n) is 4.00. The molecule has 0 amide bonds. The molecular formula is C17H20N2O. The molecule has 104 valence electrons. The van der Waals surface area contributed by atoms with Gasteiger partial charge in [0.05, 0.1) is 18.8 Å². The summed E-state index contributed by atoms with van der Waals surface area (Å²) in [5.41, 5.74) is 11.1. The Balaban J connectivity index is 2.04. The summed E-state index contributed by atoms with van der Waals surface area (Å²) in [6.07, 6.45) is 0. The number of hydrogen-bond donors (Lipinski definition) is 1. The molecule has 1 heterocycles. The highest BCUT2D eigenvalue weighted by Gasteiger charge is 2.30. The monoisotopic (exact) mass is 268 g/mol. The van der Waals surface area contributed by atoms with E-state index in [9.17, 15) is 0 Å². The van der Waals surface area contributed by atoms with Crippen LogP contribution in [0.5, 0.6) is 5.75 Å². The van der Waals surface area contributed by atoms with Crippen LogP contribution in [-0.4, -0.2) is 13.7 Å². The summed E-state index contributed by atoms with van der Waals surface area (Å²) in [5, 5.41) is 0. The molecule has 1 unspecified atom stereocenters. The average molecular weight is 268 g/mol. The van der Waals surface area contributed by atoms with E-state index in [2.05, 4.69) is 36.1 Å². The van der Waals surface area contributed by atoms with Gasteiger partial charge >= 0.3 is 0 Å². The zero-order chi connectivity index (χ0) is 14.1. The lowest BCUT2D eigenvalue weighted by Gasteiger charge is -2.27. The Labute approximate surface area is 120 Å². The van der Waals surface area contributed by atoms with Crippen LogP contribution < -0.4 is 15.4 Å². The van der Waals surface area contributed by atoms with Crippen LogP contribution >= 0.6 is 0 Å². The number of methoxy groups -OCH3 is 1. The zero-order valence-corrected chi connectivity index (χ0v) is 12.0. The van der Waals surface area contributed by atoms with E-state index in [1.807, 2.05) is 18.2 Å². The molecule has 0 spiro atoms. The number of ether oxygens (including phenoxy) is 1. The molecule has 20 heavy (non-hydrogen) atoms. The van der Waals surface area contributed by atoms with Gasteiger partial charge < -0.3 is 15.4 Å². The molecule has 3 nitrogen and oxygen atoms in total. The Hall–Kier alpha value is -2.00. The molecule has 1 atom stereocenters. The normalized spacial score (nSPS) is 17.1. The molecule has 0 bridgehead atoms. The lowest BCUT2D eigenvalue weighted by molar-refractivity contribution is 0.413. The van der Waals surface area contributed by atoms with Crippen molar-refractivity contribution in [3.05, 3.63) is 59.2 Å². The lowest BCUT2D eigenvalue weighted by Crippen LogP contribution is -2.28. The molecule has 0 aromatic heterocycles. The van der Waals surface area contributed by atoms with Crippen LogP contribution in [0, 0.1) is 6.92 Å². The van der Waals surface area contributed by atoms with E-state index in [1.54, 1.807) is 7.11 Å². The number of nitrogens with zero attached hydrogens (tertiary/aromatic N) is 1. The predicted molar refractivity (Wildman–Crippen MR) is 82.2 cm³/mol. The van der Waals surface area contributed by atoms with Crippen molar-refractivity contribution in [1.29, 1.82) is 0 Å². The summed E-state index contributed by atoms with van der Waals surface area (Å²) in [5.74, 6) is 0.899. The van der Waals surface area contributed by atoms with Crippen LogP contribution in [0.3, 0.4) is 0 Å². The van der Waals surface area contributed by atoms with Crippen molar-refractivity contribution in [1.82, 2.24) is 0 Å². The van der Waals surface area contributed by atoms with E-state index >= 15 is 0 Å². The van der Waals surface area contributed by atoms with Gasteiger partial charge in [-0.15, -0.1) is 0 Å². The number of hydrogen-bond acceptors (Lipinski definition) is 3. The van der Waals surface area contributed by atoms with Crippen molar-refractivity contribution < 1.29 is 4.74 Å². The van der Waals surface area contributed by atoms with E-state index < -0.39 is 0 Å². The second-order valence-electron chi connectivity index (χ2n) is 5.25. The Bertz CT molecular complexity index is 624. The fourth-order valence-electron chi connectivity index (χ4n) is 3.00. The molecule has 3 heteroatoms. The minimum atomic E-state index is 0.223. The van der Waals surface area contributed by atoms with Crippen LogP contribution in [0.25, 0.3) is 0 Å². The molecule has 0 saturated carbocycles. The first-order valence-electron chi connectivity index (χ1n) is 6.93. The number of anilines is 1. The highest BCUT2D eigenvalue weighted by molar-refractivity contribution is 5.63. The molecule has 3 rings (SSSR count). The van der Waals surface area contributed by atoms with Crippen molar-refractivity contribution >= 4 is 5.69 Å². The Morgan fingerprint density at radius 2 is 2.05 bits per heavy atom. The molecule has 0 radical (unpaired) electrons. The lowest BCUT2D eigenvalue weighted by atomic mass is 10.0. The van der Waals surface area contributed by atoms with Gasteiger partial charge in [0.1, 0.15) is 5.75 Å². The summed E-state index contributed by atoms with van der Waals surface area (Å²) < 4.78 is 5.49. The second kappa shape index (κ2) is 5.17. The topological polar surface area (TPSA) is 38.5 Å². The van der Waals surface area contributed by atoms with Gasteiger partial charge in [0.15, 0.2) is 0 Å². The fraction of sp³-hybridized carbons (Fsp3) is 0.294. The number of nitrogens with two attached hydrogens (primary N) is 1. The quantitative estimate of drug-likeness (QED) is 0.930. The maximum absolute atomic E-state index is 6.04. The molecule has 0 saturated heterocycles. The number of fused-ring (bicyclic) bond motifs is 1. The summed E-state index contributed by atoms with van der Waals surface area (Å²) in [6.45, 7) is 3.62. The summed E-state index contributed by atoms with van der Waals surface area (Å²) in [7, 11) is 1.71. The number of benzene rings is 2. The SMILES string of the molecule is COc1ccccc1N1Cc2ccc(C)cc2C1CN. The number of para-hydroxylation sites is 2. The zero-order valence-electron chi connectivity index (χ0n) is 12.0. The highest BCUT2D eigenvalue weighted by Crippen LogP contribution is 2.41. The molecule has 0 fully saturated rings. The maximum Gasteiger partial charge on any atom is 0.142 e. The van der Waals surface area contributed by atoms with Gasteiger partial charge in [0, 0.05) is 13.1 Å². The molecule has 0 aliphatic carbocycles. The Morgan fingerprint density at radius 1 is 1.25 bits per heavy atom. The van der Waals surface area contributed by atoms with Gasteiger partial charge in [-0.1, -0.05) is 35.9 Å². The maximum atomic E-state index is 6.04. The average Bonchev–Trinajstić information content (AvgIpc) is 2.84. The van der Waals surface area contributed by atoms with Crippen LogP contribution in [0.1, 0.15) is 22.7 Å². The van der Waals surface area contributed by atoms with E-state index in [0.29, 0.717) is 6.54 Å². The van der Waals surface area contributed by atoms with Crippen LogP contribution in [0.15, 0.2) is 42.5 Å². The largest absolute Gasteiger partial charge is 0.495 e. The van der Waals surface area contributed by atoms with Gasteiger partial charge in [-0.05, 0) is 30.2 Å². The molecule has 1 aliphatic heterocycles. The second-order valence-corrected chi connectivity index (χ2v) is 5.25. The van der Waals surface area contributed by atoms with Crippen LogP contribution in [0.4, 0.5) is 5.69 Å².